The SMILES string of the molecule is CCOc1ccc(NC(=O)CSc2nnc(CNC(=O)c3cccc4ccccc34)n2-c2cccc(C(F)(F)F)c2)cc1. The molecule has 2 amide bonds. The second-order valence-corrected chi connectivity index (χ2v) is 10.2. The van der Waals surface area contributed by atoms with Gasteiger partial charge in [-0.15, -0.1) is 10.2 Å². The molecule has 12 heteroatoms. The molecule has 0 spiro atoms. The number of aromatic nitrogens is 3. The molecule has 1 heterocycles. The number of hydrogen-bond acceptors (Lipinski definition) is 6. The van der Waals surface area contributed by atoms with Gasteiger partial charge in [0.2, 0.25) is 5.91 Å². The van der Waals surface area contributed by atoms with Crippen molar-refractivity contribution in [3.05, 3.63) is 108 Å². The Morgan fingerprint density at radius 3 is 2.44 bits per heavy atom. The van der Waals surface area contributed by atoms with Gasteiger partial charge in [-0.3, -0.25) is 14.2 Å². The molecule has 5 rings (SSSR count). The van der Waals surface area contributed by atoms with E-state index in [1.54, 1.807) is 36.4 Å². The van der Waals surface area contributed by atoms with Crippen molar-refractivity contribution >= 4 is 40.0 Å². The van der Waals surface area contributed by atoms with E-state index < -0.39 is 11.7 Å². The molecular weight excluding hydrogens is 579 g/mol. The number of thioether (sulfide) groups is 1. The largest absolute Gasteiger partial charge is 0.494 e. The standard InChI is InChI=1S/C31H26F3N5O3S/c1-2-42-24-15-13-22(14-16-24)36-28(40)19-43-30-38-37-27(39(30)23-10-6-9-21(17-23)31(32,33)34)18-35-29(41)26-12-5-8-20-7-3-4-11-25(20)26/h3-17H,2,18-19H2,1H3,(H,35,41)(H,36,40). The number of nitrogens with one attached hydrogen (secondary N) is 2. The van der Waals surface area contributed by atoms with Crippen molar-refractivity contribution in [2.24, 2.45) is 0 Å². The third-order valence-corrected chi connectivity index (χ3v) is 7.28. The summed E-state index contributed by atoms with van der Waals surface area (Å²) in [5.74, 6) is 0.0523. The predicted octanol–water partition coefficient (Wildman–Crippen LogP) is 6.50. The zero-order valence-corrected chi connectivity index (χ0v) is 23.7. The minimum absolute atomic E-state index is 0.0906. The average molecular weight is 606 g/mol. The molecule has 8 nitrogen and oxygen atoms in total. The third-order valence-electron chi connectivity index (χ3n) is 6.35. The second kappa shape index (κ2) is 13.0. The lowest BCUT2D eigenvalue weighted by molar-refractivity contribution is -0.137. The van der Waals surface area contributed by atoms with Crippen LogP contribution in [0.15, 0.2) is 96.2 Å². The van der Waals surface area contributed by atoms with Crippen LogP contribution in [-0.4, -0.2) is 38.9 Å². The number of hydrogen-bond donors (Lipinski definition) is 2. The number of halogens is 3. The molecule has 0 radical (unpaired) electrons. The minimum Gasteiger partial charge on any atom is -0.494 e. The van der Waals surface area contributed by atoms with Crippen LogP contribution < -0.4 is 15.4 Å². The monoisotopic (exact) mass is 605 g/mol. The fraction of sp³-hybridized carbons (Fsp3) is 0.161. The topological polar surface area (TPSA) is 98.1 Å². The van der Waals surface area contributed by atoms with Crippen molar-refractivity contribution in [3.63, 3.8) is 0 Å². The molecule has 2 N–H and O–H groups in total. The fourth-order valence-corrected chi connectivity index (χ4v) is 5.17. The maximum atomic E-state index is 13.5. The van der Waals surface area contributed by atoms with Gasteiger partial charge in [0.15, 0.2) is 11.0 Å². The highest BCUT2D eigenvalue weighted by Gasteiger charge is 2.31. The van der Waals surface area contributed by atoms with Crippen molar-refractivity contribution < 1.29 is 27.5 Å². The van der Waals surface area contributed by atoms with Crippen molar-refractivity contribution in [3.8, 4) is 11.4 Å². The summed E-state index contributed by atoms with van der Waals surface area (Å²) < 4.78 is 47.5. The Balaban J connectivity index is 1.37. The molecular formula is C31H26F3N5O3S. The van der Waals surface area contributed by atoms with E-state index in [1.807, 2.05) is 37.3 Å². The van der Waals surface area contributed by atoms with E-state index >= 15 is 0 Å². The Bertz CT molecular complexity index is 1750. The average Bonchev–Trinajstić information content (AvgIpc) is 3.42. The van der Waals surface area contributed by atoms with Gasteiger partial charge in [0.25, 0.3) is 5.91 Å². The van der Waals surface area contributed by atoms with E-state index in [1.165, 1.54) is 16.7 Å². The second-order valence-electron chi connectivity index (χ2n) is 9.29. The van der Waals surface area contributed by atoms with E-state index in [0.717, 1.165) is 34.7 Å². The van der Waals surface area contributed by atoms with Gasteiger partial charge in [0.1, 0.15) is 5.75 Å². The number of carbonyl (C=O) groups is 2. The Kier molecular flexibility index (Phi) is 8.96. The summed E-state index contributed by atoms with van der Waals surface area (Å²) in [7, 11) is 0. The van der Waals surface area contributed by atoms with Crippen molar-refractivity contribution in [1.82, 2.24) is 20.1 Å². The smallest absolute Gasteiger partial charge is 0.416 e. The van der Waals surface area contributed by atoms with Gasteiger partial charge < -0.3 is 15.4 Å². The molecule has 43 heavy (non-hydrogen) atoms. The first-order valence-corrected chi connectivity index (χ1v) is 14.2. The molecule has 0 aliphatic carbocycles. The number of amides is 2. The maximum absolute atomic E-state index is 13.5. The Labute approximate surface area is 249 Å². The Morgan fingerprint density at radius 2 is 1.67 bits per heavy atom. The lowest BCUT2D eigenvalue weighted by Gasteiger charge is -2.14. The molecule has 0 saturated heterocycles. The highest BCUT2D eigenvalue weighted by Crippen LogP contribution is 2.32. The van der Waals surface area contributed by atoms with Crippen LogP contribution in [0.4, 0.5) is 18.9 Å². The number of ether oxygens (including phenoxy) is 1. The van der Waals surface area contributed by atoms with Crippen LogP contribution in [0.25, 0.3) is 16.5 Å². The quantitative estimate of drug-likeness (QED) is 0.177. The van der Waals surface area contributed by atoms with E-state index in [0.29, 0.717) is 23.6 Å². The first-order valence-electron chi connectivity index (χ1n) is 13.3. The van der Waals surface area contributed by atoms with Gasteiger partial charge in [-0.1, -0.05) is 54.2 Å². The molecule has 0 unspecified atom stereocenters. The molecule has 220 valence electrons. The van der Waals surface area contributed by atoms with Crippen LogP contribution in [0, 0.1) is 0 Å². The first-order chi connectivity index (χ1) is 20.7. The molecule has 5 aromatic rings. The van der Waals surface area contributed by atoms with Crippen molar-refractivity contribution in [2.75, 3.05) is 17.7 Å². The van der Waals surface area contributed by atoms with Crippen molar-refractivity contribution in [1.29, 1.82) is 0 Å². The highest BCUT2D eigenvalue weighted by molar-refractivity contribution is 7.99. The molecule has 1 aromatic heterocycles. The van der Waals surface area contributed by atoms with Gasteiger partial charge >= 0.3 is 6.18 Å². The number of carbonyl (C=O) groups excluding carboxylic acids is 2. The molecule has 0 aliphatic rings. The van der Waals surface area contributed by atoms with Crippen LogP contribution >= 0.6 is 11.8 Å². The van der Waals surface area contributed by atoms with Gasteiger partial charge in [0, 0.05) is 11.3 Å². The summed E-state index contributed by atoms with van der Waals surface area (Å²) in [6, 6.07) is 24.4. The van der Waals surface area contributed by atoms with Gasteiger partial charge in [-0.05, 0) is 66.2 Å². The summed E-state index contributed by atoms with van der Waals surface area (Å²) in [5.41, 5.74) is 0.298. The summed E-state index contributed by atoms with van der Waals surface area (Å²) in [4.78, 5) is 25.8. The van der Waals surface area contributed by atoms with Crippen LogP contribution in [0.2, 0.25) is 0 Å². The number of anilines is 1. The lowest BCUT2D eigenvalue weighted by atomic mass is 10.0. The van der Waals surface area contributed by atoms with Crippen LogP contribution in [-0.2, 0) is 17.5 Å². The maximum Gasteiger partial charge on any atom is 0.416 e. The normalized spacial score (nSPS) is 11.3. The number of fused-ring (bicyclic) bond motifs is 1. The minimum atomic E-state index is -4.57. The molecule has 0 bridgehead atoms. The fourth-order valence-electron chi connectivity index (χ4n) is 4.40. The van der Waals surface area contributed by atoms with E-state index in [4.69, 9.17) is 4.74 Å². The zero-order valence-electron chi connectivity index (χ0n) is 22.9. The van der Waals surface area contributed by atoms with E-state index in [-0.39, 0.29) is 40.8 Å². The number of rotatable bonds is 10. The molecule has 0 fully saturated rings. The first kappa shape index (κ1) is 29.6. The van der Waals surface area contributed by atoms with E-state index in [2.05, 4.69) is 20.8 Å². The summed E-state index contributed by atoms with van der Waals surface area (Å²) in [5, 5.41) is 15.7. The van der Waals surface area contributed by atoms with Gasteiger partial charge in [-0.2, -0.15) is 13.2 Å². The van der Waals surface area contributed by atoms with Gasteiger partial charge in [0.05, 0.1) is 30.2 Å². The lowest BCUT2D eigenvalue weighted by Crippen LogP contribution is -2.25. The number of alkyl halides is 3. The molecule has 0 atom stereocenters. The predicted molar refractivity (Wildman–Crippen MR) is 158 cm³/mol. The summed E-state index contributed by atoms with van der Waals surface area (Å²) >= 11 is 1.01. The van der Waals surface area contributed by atoms with Gasteiger partial charge in [-0.25, -0.2) is 0 Å². The zero-order chi connectivity index (χ0) is 30.4. The highest BCUT2D eigenvalue weighted by atomic mass is 32.2. The Hall–Kier alpha value is -4.84. The Morgan fingerprint density at radius 1 is 0.930 bits per heavy atom. The number of nitrogens with zero attached hydrogens (tertiary/aromatic N) is 3. The van der Waals surface area contributed by atoms with E-state index in [9.17, 15) is 22.8 Å². The van der Waals surface area contributed by atoms with Crippen LogP contribution in [0.5, 0.6) is 5.75 Å². The third kappa shape index (κ3) is 7.15. The molecule has 4 aromatic carbocycles. The molecule has 0 aliphatic heterocycles. The van der Waals surface area contributed by atoms with Crippen LogP contribution in [0.3, 0.4) is 0 Å². The van der Waals surface area contributed by atoms with Crippen LogP contribution in [0.1, 0.15) is 28.7 Å². The number of benzene rings is 4. The van der Waals surface area contributed by atoms with Crippen molar-refractivity contribution in [2.45, 2.75) is 24.8 Å². The summed E-state index contributed by atoms with van der Waals surface area (Å²) in [6.07, 6.45) is -4.57. The summed E-state index contributed by atoms with van der Waals surface area (Å²) in [6.45, 7) is 2.27. The molecule has 0 saturated carbocycles.